The molecule has 132 valence electrons. The Morgan fingerprint density at radius 2 is 1.92 bits per heavy atom. The van der Waals surface area contributed by atoms with Crippen molar-refractivity contribution in [2.75, 3.05) is 6.61 Å². The maximum atomic E-state index is 12.3. The number of carbonyl (C=O) groups is 1. The molecule has 1 atom stereocenters. The van der Waals surface area contributed by atoms with Gasteiger partial charge in [0, 0.05) is 12.1 Å². The van der Waals surface area contributed by atoms with E-state index in [1.807, 2.05) is 24.3 Å². The first kappa shape index (κ1) is 17.1. The minimum absolute atomic E-state index is 0.127. The van der Waals surface area contributed by atoms with Gasteiger partial charge in [-0.1, -0.05) is 26.0 Å². The van der Waals surface area contributed by atoms with Crippen molar-refractivity contribution in [1.82, 2.24) is 0 Å². The number of hydrogen-bond donors (Lipinski definition) is 2. The van der Waals surface area contributed by atoms with E-state index in [1.54, 1.807) is 0 Å². The molecule has 2 aromatic carbocycles. The van der Waals surface area contributed by atoms with E-state index >= 15 is 0 Å². The molecule has 0 fully saturated rings. The van der Waals surface area contributed by atoms with Crippen molar-refractivity contribution in [1.29, 1.82) is 0 Å². The predicted octanol–water partition coefficient (Wildman–Crippen LogP) is 4.23. The number of carbonyl (C=O) groups excluding carboxylic acids is 1. The molecule has 0 aromatic heterocycles. The Labute approximate surface area is 146 Å². The van der Waals surface area contributed by atoms with Gasteiger partial charge in [-0.15, -0.1) is 0 Å². The topological polar surface area (TPSA) is 76.0 Å². The van der Waals surface area contributed by atoms with Crippen molar-refractivity contribution in [3.8, 4) is 23.0 Å². The zero-order valence-corrected chi connectivity index (χ0v) is 14.4. The SMILES string of the molecule is CC(C)CCOc1ccc(C2CC(=O)c3c(O)cc(O)cc3O2)cc1. The number of aromatic hydroxyl groups is 2. The van der Waals surface area contributed by atoms with Crippen LogP contribution in [0.15, 0.2) is 36.4 Å². The van der Waals surface area contributed by atoms with Crippen LogP contribution >= 0.6 is 0 Å². The minimum atomic E-state index is -0.453. The van der Waals surface area contributed by atoms with Gasteiger partial charge >= 0.3 is 0 Å². The third kappa shape index (κ3) is 3.87. The maximum Gasteiger partial charge on any atom is 0.174 e. The van der Waals surface area contributed by atoms with Crippen LogP contribution < -0.4 is 9.47 Å². The van der Waals surface area contributed by atoms with Gasteiger partial charge in [-0.25, -0.2) is 0 Å². The maximum absolute atomic E-state index is 12.3. The lowest BCUT2D eigenvalue weighted by atomic mass is 9.95. The molecule has 0 radical (unpaired) electrons. The molecule has 0 aliphatic carbocycles. The van der Waals surface area contributed by atoms with Gasteiger partial charge in [0.25, 0.3) is 0 Å². The molecule has 0 saturated carbocycles. The molecule has 0 saturated heterocycles. The minimum Gasteiger partial charge on any atom is -0.508 e. The number of rotatable bonds is 5. The zero-order valence-electron chi connectivity index (χ0n) is 14.4. The molecule has 3 rings (SSSR count). The fourth-order valence-corrected chi connectivity index (χ4v) is 2.80. The Bertz CT molecular complexity index is 764. The third-order valence-corrected chi connectivity index (χ3v) is 4.20. The molecule has 1 unspecified atom stereocenters. The van der Waals surface area contributed by atoms with Gasteiger partial charge in [-0.3, -0.25) is 4.79 Å². The van der Waals surface area contributed by atoms with E-state index < -0.39 is 6.10 Å². The highest BCUT2D eigenvalue weighted by Gasteiger charge is 2.30. The Kier molecular flexibility index (Phi) is 4.83. The van der Waals surface area contributed by atoms with Crippen molar-refractivity contribution < 1.29 is 24.5 Å². The molecular weight excluding hydrogens is 320 g/mol. The molecular formula is C20H22O5. The van der Waals surface area contributed by atoms with Gasteiger partial charge in [0.05, 0.1) is 13.0 Å². The average molecular weight is 342 g/mol. The first-order valence-electron chi connectivity index (χ1n) is 8.42. The second-order valence-corrected chi connectivity index (χ2v) is 6.67. The summed E-state index contributed by atoms with van der Waals surface area (Å²) in [6.07, 6.45) is 0.677. The van der Waals surface area contributed by atoms with Crippen LogP contribution in [0.25, 0.3) is 0 Å². The second-order valence-electron chi connectivity index (χ2n) is 6.67. The summed E-state index contributed by atoms with van der Waals surface area (Å²) in [7, 11) is 0. The molecule has 1 aliphatic heterocycles. The highest BCUT2D eigenvalue weighted by Crippen LogP contribution is 2.41. The van der Waals surface area contributed by atoms with Gasteiger partial charge in [-0.05, 0) is 30.0 Å². The molecule has 1 heterocycles. The zero-order chi connectivity index (χ0) is 18.0. The van der Waals surface area contributed by atoms with Crippen LogP contribution in [0.4, 0.5) is 0 Å². The van der Waals surface area contributed by atoms with Crippen LogP contribution in [0.2, 0.25) is 0 Å². The largest absolute Gasteiger partial charge is 0.508 e. The predicted molar refractivity (Wildman–Crippen MR) is 93.5 cm³/mol. The van der Waals surface area contributed by atoms with Gasteiger partial charge in [0.2, 0.25) is 0 Å². The van der Waals surface area contributed by atoms with E-state index in [9.17, 15) is 15.0 Å². The fraction of sp³-hybridized carbons (Fsp3) is 0.350. The molecule has 2 N–H and O–H groups in total. The Morgan fingerprint density at radius 3 is 2.60 bits per heavy atom. The number of benzene rings is 2. The summed E-state index contributed by atoms with van der Waals surface area (Å²) < 4.78 is 11.5. The Hall–Kier alpha value is -2.69. The molecule has 0 bridgehead atoms. The van der Waals surface area contributed by atoms with Crippen LogP contribution in [-0.2, 0) is 0 Å². The number of phenolic OH excluding ortho intramolecular Hbond substituents is 2. The first-order chi connectivity index (χ1) is 11.9. The van der Waals surface area contributed by atoms with Crippen molar-refractivity contribution in [3.63, 3.8) is 0 Å². The van der Waals surface area contributed by atoms with Gasteiger partial charge < -0.3 is 19.7 Å². The first-order valence-corrected chi connectivity index (χ1v) is 8.42. The standard InChI is InChI=1S/C20H22O5/c1-12(2)7-8-24-15-5-3-13(4-6-15)18-11-17(23)20-16(22)9-14(21)10-19(20)25-18/h3-6,9-10,12,18,21-22H,7-8,11H2,1-2H3. The molecule has 0 amide bonds. The summed E-state index contributed by atoms with van der Waals surface area (Å²) in [5.74, 6) is 0.971. The van der Waals surface area contributed by atoms with E-state index in [2.05, 4.69) is 13.8 Å². The van der Waals surface area contributed by atoms with E-state index in [1.165, 1.54) is 6.07 Å². The molecule has 0 spiro atoms. The fourth-order valence-electron chi connectivity index (χ4n) is 2.80. The summed E-state index contributed by atoms with van der Waals surface area (Å²) >= 11 is 0. The van der Waals surface area contributed by atoms with Crippen molar-refractivity contribution in [2.24, 2.45) is 5.92 Å². The lowest BCUT2D eigenvalue weighted by Gasteiger charge is -2.26. The van der Waals surface area contributed by atoms with Crippen molar-refractivity contribution >= 4 is 5.78 Å². The van der Waals surface area contributed by atoms with E-state index in [4.69, 9.17) is 9.47 Å². The molecule has 5 heteroatoms. The van der Waals surface area contributed by atoms with E-state index in [-0.39, 0.29) is 35.0 Å². The lowest BCUT2D eigenvalue weighted by molar-refractivity contribution is 0.0845. The van der Waals surface area contributed by atoms with Crippen LogP contribution in [0.5, 0.6) is 23.0 Å². The van der Waals surface area contributed by atoms with Crippen molar-refractivity contribution in [2.45, 2.75) is 32.8 Å². The van der Waals surface area contributed by atoms with Gasteiger partial charge in [0.15, 0.2) is 5.78 Å². The Balaban J connectivity index is 1.73. The van der Waals surface area contributed by atoms with Gasteiger partial charge in [-0.2, -0.15) is 0 Å². The third-order valence-electron chi connectivity index (χ3n) is 4.20. The molecule has 1 aliphatic rings. The lowest BCUT2D eigenvalue weighted by Crippen LogP contribution is -2.20. The number of fused-ring (bicyclic) bond motifs is 1. The van der Waals surface area contributed by atoms with Crippen LogP contribution in [0, 0.1) is 5.92 Å². The molecule has 5 nitrogen and oxygen atoms in total. The summed E-state index contributed by atoms with van der Waals surface area (Å²) in [6.45, 7) is 4.97. The summed E-state index contributed by atoms with van der Waals surface area (Å²) in [5, 5.41) is 19.4. The number of ether oxygens (including phenoxy) is 2. The van der Waals surface area contributed by atoms with E-state index in [0.29, 0.717) is 12.5 Å². The highest BCUT2D eigenvalue weighted by molar-refractivity contribution is 6.02. The number of hydrogen-bond acceptors (Lipinski definition) is 5. The van der Waals surface area contributed by atoms with Gasteiger partial charge in [0.1, 0.15) is 34.7 Å². The average Bonchev–Trinajstić information content (AvgIpc) is 2.54. The van der Waals surface area contributed by atoms with Crippen LogP contribution in [0.3, 0.4) is 0 Å². The Morgan fingerprint density at radius 1 is 1.20 bits per heavy atom. The highest BCUT2D eigenvalue weighted by atomic mass is 16.5. The second kappa shape index (κ2) is 7.05. The van der Waals surface area contributed by atoms with Crippen LogP contribution in [0.1, 0.15) is 48.7 Å². The molecule has 2 aromatic rings. The quantitative estimate of drug-likeness (QED) is 0.850. The summed E-state index contributed by atoms with van der Waals surface area (Å²) in [4.78, 5) is 12.3. The smallest absolute Gasteiger partial charge is 0.174 e. The molecule has 25 heavy (non-hydrogen) atoms. The number of phenols is 2. The summed E-state index contributed by atoms with van der Waals surface area (Å²) in [6, 6.07) is 9.96. The monoisotopic (exact) mass is 342 g/mol. The summed E-state index contributed by atoms with van der Waals surface area (Å²) in [5.41, 5.74) is 0.973. The normalized spacial score (nSPS) is 16.4. The van der Waals surface area contributed by atoms with Crippen molar-refractivity contribution in [3.05, 3.63) is 47.5 Å². The number of Topliss-reactive ketones (excluding diaryl/α,β-unsaturated/α-hetero) is 1. The number of ketones is 1. The van der Waals surface area contributed by atoms with Crippen LogP contribution in [-0.4, -0.2) is 22.6 Å². The van der Waals surface area contributed by atoms with E-state index in [0.717, 1.165) is 23.8 Å².